The van der Waals surface area contributed by atoms with E-state index in [4.69, 9.17) is 0 Å². The van der Waals surface area contributed by atoms with Crippen LogP contribution in [0.15, 0.2) is 0 Å². The van der Waals surface area contributed by atoms with Gasteiger partial charge < -0.3 is 5.32 Å². The van der Waals surface area contributed by atoms with Crippen LogP contribution in [0.4, 0.5) is 0 Å². The summed E-state index contributed by atoms with van der Waals surface area (Å²) in [5.74, 6) is 0. The smallest absolute Gasteiger partial charge is 0.0252 e. The number of piperidine rings is 1. The quantitative estimate of drug-likeness (QED) is 0.770. The Balaban J connectivity index is 2.53. The topological polar surface area (TPSA) is 15.3 Å². The Kier molecular flexibility index (Phi) is 4.60. The third-order valence-corrected chi connectivity index (χ3v) is 3.61. The van der Waals surface area contributed by atoms with Crippen LogP contribution in [0, 0.1) is 0 Å². The highest BCUT2D eigenvalue weighted by Crippen LogP contribution is 2.24. The predicted octanol–water partition coefficient (Wildman–Crippen LogP) is 2.64. The second kappa shape index (κ2) is 5.31. The summed E-state index contributed by atoms with van der Waals surface area (Å²) < 4.78 is 0. The van der Waals surface area contributed by atoms with Crippen LogP contribution in [-0.2, 0) is 0 Å². The minimum Gasteiger partial charge on any atom is -0.311 e. The maximum Gasteiger partial charge on any atom is 0.0252 e. The minimum absolute atomic E-state index is 0.245. The molecule has 0 aliphatic carbocycles. The zero-order chi connectivity index (χ0) is 11.5. The molecule has 0 spiro atoms. The molecule has 0 bridgehead atoms. The lowest BCUT2D eigenvalue weighted by atomic mass is 9.94. The highest BCUT2D eigenvalue weighted by Gasteiger charge is 2.29. The molecule has 1 aliphatic heterocycles. The number of hydrogen-bond donors (Lipinski definition) is 1. The first kappa shape index (κ1) is 13.0. The van der Waals surface area contributed by atoms with E-state index < -0.39 is 0 Å². The fourth-order valence-corrected chi connectivity index (χ4v) is 2.78. The summed E-state index contributed by atoms with van der Waals surface area (Å²) >= 11 is 0. The van der Waals surface area contributed by atoms with Crippen LogP contribution in [-0.4, -0.2) is 35.6 Å². The van der Waals surface area contributed by atoms with Gasteiger partial charge in [-0.05, 0) is 47.1 Å². The molecule has 2 nitrogen and oxygen atoms in total. The molecule has 90 valence electrons. The van der Waals surface area contributed by atoms with Crippen molar-refractivity contribution in [1.29, 1.82) is 0 Å². The van der Waals surface area contributed by atoms with Crippen LogP contribution in [0.3, 0.4) is 0 Å². The Morgan fingerprint density at radius 3 is 2.20 bits per heavy atom. The van der Waals surface area contributed by atoms with Crippen molar-refractivity contribution in [2.75, 3.05) is 13.1 Å². The molecule has 1 heterocycles. The predicted molar refractivity (Wildman–Crippen MR) is 67.2 cm³/mol. The standard InChI is InChI=1S/C13H28N2/c1-6-14-13(4,5)10-15-11(2)8-7-9-12(15)3/h11-12,14H,6-10H2,1-5H3/t11-,12+. The van der Waals surface area contributed by atoms with E-state index in [2.05, 4.69) is 44.8 Å². The molecule has 1 N–H and O–H groups in total. The molecule has 0 unspecified atom stereocenters. The summed E-state index contributed by atoms with van der Waals surface area (Å²) in [6, 6.07) is 1.51. The number of nitrogens with one attached hydrogen (secondary N) is 1. The zero-order valence-corrected chi connectivity index (χ0v) is 11.1. The van der Waals surface area contributed by atoms with Gasteiger partial charge in [-0.2, -0.15) is 0 Å². The molecule has 1 fully saturated rings. The monoisotopic (exact) mass is 212 g/mol. The highest BCUT2D eigenvalue weighted by atomic mass is 15.2. The third-order valence-electron chi connectivity index (χ3n) is 3.61. The lowest BCUT2D eigenvalue weighted by Gasteiger charge is -2.43. The zero-order valence-electron chi connectivity index (χ0n) is 11.1. The summed E-state index contributed by atoms with van der Waals surface area (Å²) in [6.07, 6.45) is 4.14. The summed E-state index contributed by atoms with van der Waals surface area (Å²) in [6.45, 7) is 13.8. The van der Waals surface area contributed by atoms with Crippen molar-refractivity contribution in [3.05, 3.63) is 0 Å². The van der Waals surface area contributed by atoms with E-state index in [1.807, 2.05) is 0 Å². The molecule has 0 saturated carbocycles. The van der Waals surface area contributed by atoms with Crippen molar-refractivity contribution in [1.82, 2.24) is 10.2 Å². The van der Waals surface area contributed by atoms with Crippen LogP contribution in [0.1, 0.15) is 53.9 Å². The Hall–Kier alpha value is -0.0800. The van der Waals surface area contributed by atoms with E-state index in [0.29, 0.717) is 0 Å². The Morgan fingerprint density at radius 2 is 1.73 bits per heavy atom. The van der Waals surface area contributed by atoms with E-state index >= 15 is 0 Å². The molecule has 2 heteroatoms. The van der Waals surface area contributed by atoms with Gasteiger partial charge in [0.15, 0.2) is 0 Å². The van der Waals surface area contributed by atoms with Crippen molar-refractivity contribution in [3.8, 4) is 0 Å². The normalized spacial score (nSPS) is 29.4. The van der Waals surface area contributed by atoms with E-state index in [1.54, 1.807) is 0 Å². The number of likely N-dealkylation sites (N-methyl/N-ethyl adjacent to an activating group) is 1. The largest absolute Gasteiger partial charge is 0.311 e. The third kappa shape index (κ3) is 3.76. The van der Waals surface area contributed by atoms with Crippen molar-refractivity contribution >= 4 is 0 Å². The maximum atomic E-state index is 3.57. The lowest BCUT2D eigenvalue weighted by Crippen LogP contribution is -2.55. The number of nitrogens with zero attached hydrogens (tertiary/aromatic N) is 1. The van der Waals surface area contributed by atoms with Crippen molar-refractivity contribution in [2.24, 2.45) is 0 Å². The van der Waals surface area contributed by atoms with Gasteiger partial charge >= 0.3 is 0 Å². The number of rotatable bonds is 4. The average molecular weight is 212 g/mol. The fourth-order valence-electron chi connectivity index (χ4n) is 2.78. The van der Waals surface area contributed by atoms with Crippen LogP contribution < -0.4 is 5.32 Å². The van der Waals surface area contributed by atoms with Gasteiger partial charge in [-0.3, -0.25) is 4.90 Å². The van der Waals surface area contributed by atoms with Gasteiger partial charge in [-0.25, -0.2) is 0 Å². The highest BCUT2D eigenvalue weighted by molar-refractivity contribution is 4.88. The van der Waals surface area contributed by atoms with Crippen molar-refractivity contribution < 1.29 is 0 Å². The lowest BCUT2D eigenvalue weighted by molar-refractivity contribution is 0.0741. The minimum atomic E-state index is 0.245. The van der Waals surface area contributed by atoms with Gasteiger partial charge in [0.25, 0.3) is 0 Å². The SMILES string of the molecule is CCNC(C)(C)CN1[C@H](C)CCC[C@@H]1C. The van der Waals surface area contributed by atoms with Gasteiger partial charge in [-0.15, -0.1) is 0 Å². The van der Waals surface area contributed by atoms with Crippen molar-refractivity contribution in [2.45, 2.75) is 71.5 Å². The molecule has 0 aromatic carbocycles. The van der Waals surface area contributed by atoms with Gasteiger partial charge in [0, 0.05) is 24.2 Å². The molecule has 1 aliphatic rings. The summed E-state index contributed by atoms with van der Waals surface area (Å²) in [7, 11) is 0. The van der Waals surface area contributed by atoms with Crippen LogP contribution >= 0.6 is 0 Å². The molecule has 0 amide bonds. The van der Waals surface area contributed by atoms with Crippen LogP contribution in [0.5, 0.6) is 0 Å². The first-order valence-corrected chi connectivity index (χ1v) is 6.47. The molecule has 0 radical (unpaired) electrons. The molecule has 2 atom stereocenters. The molecule has 1 saturated heterocycles. The van der Waals surface area contributed by atoms with Gasteiger partial charge in [0.1, 0.15) is 0 Å². The molecule has 0 aromatic rings. The van der Waals surface area contributed by atoms with E-state index in [1.165, 1.54) is 25.8 Å². The van der Waals surface area contributed by atoms with Gasteiger partial charge in [0.05, 0.1) is 0 Å². The average Bonchev–Trinajstić information content (AvgIpc) is 2.11. The summed E-state index contributed by atoms with van der Waals surface area (Å²) in [5.41, 5.74) is 0.245. The second-order valence-electron chi connectivity index (χ2n) is 5.72. The maximum absolute atomic E-state index is 3.57. The Morgan fingerprint density at radius 1 is 1.20 bits per heavy atom. The first-order chi connectivity index (χ1) is 6.96. The second-order valence-corrected chi connectivity index (χ2v) is 5.72. The first-order valence-electron chi connectivity index (χ1n) is 6.47. The van der Waals surface area contributed by atoms with Gasteiger partial charge in [0.2, 0.25) is 0 Å². The van der Waals surface area contributed by atoms with Crippen LogP contribution in [0.25, 0.3) is 0 Å². The fraction of sp³-hybridized carbons (Fsp3) is 1.00. The van der Waals surface area contributed by atoms with E-state index in [9.17, 15) is 0 Å². The number of likely N-dealkylation sites (tertiary alicyclic amines) is 1. The van der Waals surface area contributed by atoms with E-state index in [0.717, 1.165) is 18.6 Å². The molecule has 1 rings (SSSR count). The molecule has 0 aromatic heterocycles. The summed E-state index contributed by atoms with van der Waals surface area (Å²) in [4.78, 5) is 2.67. The number of hydrogen-bond acceptors (Lipinski definition) is 2. The van der Waals surface area contributed by atoms with E-state index in [-0.39, 0.29) is 5.54 Å². The Bertz CT molecular complexity index is 179. The summed E-state index contributed by atoms with van der Waals surface area (Å²) in [5, 5.41) is 3.57. The molecular weight excluding hydrogens is 184 g/mol. The molecular formula is C13H28N2. The Labute approximate surface area is 95.4 Å². The molecule has 15 heavy (non-hydrogen) atoms. The van der Waals surface area contributed by atoms with Gasteiger partial charge in [-0.1, -0.05) is 13.3 Å². The van der Waals surface area contributed by atoms with Crippen LogP contribution in [0.2, 0.25) is 0 Å². The van der Waals surface area contributed by atoms with Crippen molar-refractivity contribution in [3.63, 3.8) is 0 Å².